The Balaban J connectivity index is 1.67. The number of alkyl carbamates (subject to hydrolysis) is 1. The van der Waals surface area contributed by atoms with Gasteiger partial charge in [0, 0.05) is 6.54 Å². The van der Waals surface area contributed by atoms with Gasteiger partial charge >= 0.3 is 6.09 Å². The van der Waals surface area contributed by atoms with Gasteiger partial charge in [0.25, 0.3) is 0 Å². The number of carbonyl (C=O) groups excluding carboxylic acids is 1. The summed E-state index contributed by atoms with van der Waals surface area (Å²) in [6, 6.07) is 12.9. The van der Waals surface area contributed by atoms with Gasteiger partial charge in [0.05, 0.1) is 0 Å². The number of aliphatic hydroxyl groups is 1. The molecule has 0 saturated carbocycles. The van der Waals surface area contributed by atoms with E-state index >= 15 is 0 Å². The van der Waals surface area contributed by atoms with E-state index in [0.29, 0.717) is 18.1 Å². The molecule has 0 spiro atoms. The molecule has 0 fully saturated rings. The molecule has 5 heteroatoms. The Hall–Kier alpha value is -2.53. The van der Waals surface area contributed by atoms with E-state index in [9.17, 15) is 4.79 Å². The second-order valence-electron chi connectivity index (χ2n) is 4.31. The number of ether oxygens (including phenoxy) is 1. The molecule has 0 saturated heterocycles. The minimum atomic E-state index is -0.473. The first-order valence-corrected chi connectivity index (χ1v) is 6.58. The highest BCUT2D eigenvalue weighted by Gasteiger charge is 2.00. The molecule has 0 aliphatic carbocycles. The van der Waals surface area contributed by atoms with Crippen molar-refractivity contribution in [2.24, 2.45) is 0 Å². The van der Waals surface area contributed by atoms with Crippen molar-refractivity contribution in [1.82, 2.24) is 5.32 Å². The number of carbonyl (C=O) groups is 1. The molecule has 110 valence electrons. The van der Waals surface area contributed by atoms with Crippen LogP contribution in [0.5, 0.6) is 0 Å². The van der Waals surface area contributed by atoms with E-state index in [4.69, 9.17) is 14.3 Å². The predicted octanol–water partition coefficient (Wildman–Crippen LogP) is 2.71. The lowest BCUT2D eigenvalue weighted by atomic mass is 10.2. The summed E-state index contributed by atoms with van der Waals surface area (Å²) in [5, 5.41) is 11.5. The van der Waals surface area contributed by atoms with Crippen LogP contribution in [0.15, 0.2) is 53.0 Å². The maximum atomic E-state index is 11.5. The molecule has 0 atom stereocenters. The number of benzene rings is 1. The smallest absolute Gasteiger partial charge is 0.407 e. The lowest BCUT2D eigenvalue weighted by Gasteiger charge is -2.04. The first kappa shape index (κ1) is 14.9. The van der Waals surface area contributed by atoms with E-state index in [0.717, 1.165) is 5.56 Å². The highest BCUT2D eigenvalue weighted by molar-refractivity contribution is 5.67. The highest BCUT2D eigenvalue weighted by atomic mass is 16.5. The Morgan fingerprint density at radius 3 is 2.76 bits per heavy atom. The molecule has 1 aromatic carbocycles. The van der Waals surface area contributed by atoms with Crippen molar-refractivity contribution in [1.29, 1.82) is 0 Å². The van der Waals surface area contributed by atoms with Gasteiger partial charge in [-0.1, -0.05) is 36.4 Å². The zero-order chi connectivity index (χ0) is 14.9. The van der Waals surface area contributed by atoms with Gasteiger partial charge in [-0.25, -0.2) is 4.79 Å². The number of amides is 1. The van der Waals surface area contributed by atoms with Crippen LogP contribution in [0.3, 0.4) is 0 Å². The number of rotatable bonds is 6. The van der Waals surface area contributed by atoms with E-state index in [1.54, 1.807) is 24.3 Å². The topological polar surface area (TPSA) is 71.7 Å². The van der Waals surface area contributed by atoms with E-state index in [-0.39, 0.29) is 13.2 Å². The van der Waals surface area contributed by atoms with Crippen LogP contribution in [-0.2, 0) is 18.0 Å². The van der Waals surface area contributed by atoms with Crippen LogP contribution in [0.1, 0.15) is 17.1 Å². The molecule has 0 radical (unpaired) electrons. The minimum Gasteiger partial charge on any atom is -0.459 e. The Kier molecular flexibility index (Phi) is 5.60. The van der Waals surface area contributed by atoms with Crippen LogP contribution in [-0.4, -0.2) is 17.7 Å². The van der Waals surface area contributed by atoms with Crippen LogP contribution >= 0.6 is 0 Å². The molecule has 2 aromatic rings. The Bertz CT molecular complexity index is 589. The quantitative estimate of drug-likeness (QED) is 0.857. The van der Waals surface area contributed by atoms with Gasteiger partial charge in [-0.2, -0.15) is 0 Å². The van der Waals surface area contributed by atoms with Crippen molar-refractivity contribution >= 4 is 12.2 Å². The van der Waals surface area contributed by atoms with Crippen LogP contribution in [0.25, 0.3) is 6.08 Å². The fourth-order valence-corrected chi connectivity index (χ4v) is 1.66. The highest BCUT2D eigenvalue weighted by Crippen LogP contribution is 2.08. The molecule has 0 aliphatic rings. The average Bonchev–Trinajstić information content (AvgIpc) is 2.98. The van der Waals surface area contributed by atoms with E-state index in [2.05, 4.69) is 5.32 Å². The Morgan fingerprint density at radius 1 is 1.24 bits per heavy atom. The summed E-state index contributed by atoms with van der Waals surface area (Å²) in [5.74, 6) is 1.13. The van der Waals surface area contributed by atoms with Gasteiger partial charge in [-0.3, -0.25) is 0 Å². The first-order chi connectivity index (χ1) is 10.3. The molecule has 2 rings (SSSR count). The van der Waals surface area contributed by atoms with Gasteiger partial charge in [-0.05, 0) is 23.8 Å². The largest absolute Gasteiger partial charge is 0.459 e. The molecule has 0 bridgehead atoms. The predicted molar refractivity (Wildman–Crippen MR) is 78.3 cm³/mol. The van der Waals surface area contributed by atoms with Crippen LogP contribution < -0.4 is 5.32 Å². The lowest BCUT2D eigenvalue weighted by molar-refractivity contribution is 0.141. The summed E-state index contributed by atoms with van der Waals surface area (Å²) in [6.07, 6.45) is 2.99. The Labute approximate surface area is 122 Å². The monoisotopic (exact) mass is 287 g/mol. The summed E-state index contributed by atoms with van der Waals surface area (Å²) in [5.41, 5.74) is 0.940. The molecular formula is C16H17NO4. The Morgan fingerprint density at radius 2 is 2.05 bits per heavy atom. The van der Waals surface area contributed by atoms with E-state index < -0.39 is 6.09 Å². The molecule has 1 aromatic heterocycles. The van der Waals surface area contributed by atoms with Gasteiger partial charge in [0.15, 0.2) is 0 Å². The summed E-state index contributed by atoms with van der Waals surface area (Å²) < 4.78 is 10.3. The molecule has 1 heterocycles. The van der Waals surface area contributed by atoms with Gasteiger partial charge < -0.3 is 19.6 Å². The molecule has 2 N–H and O–H groups in total. The number of hydrogen-bond donors (Lipinski definition) is 2. The molecule has 1 amide bonds. The minimum absolute atomic E-state index is 0.127. The SMILES string of the molecule is O=C(NCC=Cc1ccc(CO)o1)OCc1ccccc1. The van der Waals surface area contributed by atoms with Crippen molar-refractivity contribution in [3.05, 3.63) is 65.6 Å². The van der Waals surface area contributed by atoms with Gasteiger partial charge in [0.1, 0.15) is 24.7 Å². The molecule has 0 aliphatic heterocycles. The maximum Gasteiger partial charge on any atom is 0.407 e. The molecule has 5 nitrogen and oxygen atoms in total. The molecule has 21 heavy (non-hydrogen) atoms. The zero-order valence-corrected chi connectivity index (χ0v) is 11.5. The fraction of sp³-hybridized carbons (Fsp3) is 0.188. The summed E-state index contributed by atoms with van der Waals surface area (Å²) in [7, 11) is 0. The van der Waals surface area contributed by atoms with Crippen LogP contribution in [0.2, 0.25) is 0 Å². The summed E-state index contributed by atoms with van der Waals surface area (Å²) >= 11 is 0. The molecular weight excluding hydrogens is 270 g/mol. The normalized spacial score (nSPS) is 10.7. The fourth-order valence-electron chi connectivity index (χ4n) is 1.66. The van der Waals surface area contributed by atoms with Crippen molar-refractivity contribution in [3.8, 4) is 0 Å². The second kappa shape index (κ2) is 7.91. The second-order valence-corrected chi connectivity index (χ2v) is 4.31. The van der Waals surface area contributed by atoms with Crippen LogP contribution in [0, 0.1) is 0 Å². The van der Waals surface area contributed by atoms with Crippen molar-refractivity contribution in [3.63, 3.8) is 0 Å². The standard InChI is InChI=1S/C16H17NO4/c18-11-15-9-8-14(21-15)7-4-10-17-16(19)20-12-13-5-2-1-3-6-13/h1-9,18H,10-12H2,(H,17,19). The van der Waals surface area contributed by atoms with Crippen molar-refractivity contribution in [2.75, 3.05) is 6.54 Å². The molecule has 0 unspecified atom stereocenters. The number of aliphatic hydroxyl groups excluding tert-OH is 1. The van der Waals surface area contributed by atoms with E-state index in [1.165, 1.54) is 0 Å². The summed E-state index contributed by atoms with van der Waals surface area (Å²) in [4.78, 5) is 11.5. The van der Waals surface area contributed by atoms with Gasteiger partial charge in [-0.15, -0.1) is 0 Å². The number of furan rings is 1. The summed E-state index contributed by atoms with van der Waals surface area (Å²) in [6.45, 7) is 0.453. The van der Waals surface area contributed by atoms with Gasteiger partial charge in [0.2, 0.25) is 0 Å². The average molecular weight is 287 g/mol. The lowest BCUT2D eigenvalue weighted by Crippen LogP contribution is -2.24. The maximum absolute atomic E-state index is 11.5. The third kappa shape index (κ3) is 5.16. The van der Waals surface area contributed by atoms with Crippen molar-refractivity contribution in [2.45, 2.75) is 13.2 Å². The zero-order valence-electron chi connectivity index (χ0n) is 11.5. The number of nitrogens with one attached hydrogen (secondary N) is 1. The first-order valence-electron chi connectivity index (χ1n) is 6.58. The third-order valence-corrected chi connectivity index (χ3v) is 2.70. The van der Waals surface area contributed by atoms with E-state index in [1.807, 2.05) is 30.3 Å². The van der Waals surface area contributed by atoms with Crippen LogP contribution in [0.4, 0.5) is 4.79 Å². The third-order valence-electron chi connectivity index (χ3n) is 2.70. The van der Waals surface area contributed by atoms with Crippen molar-refractivity contribution < 1.29 is 19.1 Å². The number of hydrogen-bond acceptors (Lipinski definition) is 4.